The molecule has 1 saturated heterocycles. The summed E-state index contributed by atoms with van der Waals surface area (Å²) in [6.45, 7) is 2.82. The largest absolute Gasteiger partial charge is 0.488 e. The number of rotatable bonds is 5. The number of halogens is 1. The number of carbonyl (C=O) groups excluding carboxylic acids is 1. The summed E-state index contributed by atoms with van der Waals surface area (Å²) < 4.78 is 5.86. The van der Waals surface area contributed by atoms with Crippen molar-refractivity contribution in [3.8, 4) is 5.75 Å². The molecular weight excluding hydrogens is 378 g/mol. The Bertz CT molecular complexity index is 643. The molecule has 1 aliphatic heterocycles. The van der Waals surface area contributed by atoms with E-state index in [1.165, 1.54) is 0 Å². The molecule has 27 heavy (non-hydrogen) atoms. The predicted octanol–water partition coefficient (Wildman–Crippen LogP) is 1.22. The van der Waals surface area contributed by atoms with E-state index in [4.69, 9.17) is 36.1 Å². The molecule has 1 aromatic carbocycles. The molecule has 1 fully saturated rings. The molecule has 0 aromatic heterocycles. The maximum atomic E-state index is 12.0. The summed E-state index contributed by atoms with van der Waals surface area (Å²) in [7, 11) is 3.97. The number of carbonyl (C=O) groups is 3. The van der Waals surface area contributed by atoms with Gasteiger partial charge in [-0.2, -0.15) is 0 Å². The molecule has 2 amide bonds. The molecule has 0 spiro atoms. The third-order valence-corrected chi connectivity index (χ3v) is 3.78. The number of hydrogen-bond acceptors (Lipinski definition) is 5. The van der Waals surface area contributed by atoms with Gasteiger partial charge in [-0.25, -0.2) is 14.4 Å². The number of aliphatic carboxylic acids is 2. The van der Waals surface area contributed by atoms with Crippen LogP contribution < -0.4 is 10.1 Å². The highest BCUT2D eigenvalue weighted by Gasteiger charge is 2.27. The zero-order valence-corrected chi connectivity index (χ0v) is 16.0. The first kappa shape index (κ1) is 22.5. The van der Waals surface area contributed by atoms with E-state index in [1.54, 1.807) is 11.0 Å². The molecule has 0 saturated carbocycles. The molecule has 2 rings (SSSR count). The Hall–Kier alpha value is -2.52. The van der Waals surface area contributed by atoms with E-state index < -0.39 is 11.9 Å². The molecule has 3 N–H and O–H groups in total. The summed E-state index contributed by atoms with van der Waals surface area (Å²) in [5.41, 5.74) is 0. The Balaban J connectivity index is 0.000000527. The van der Waals surface area contributed by atoms with E-state index in [0.717, 1.165) is 25.3 Å². The van der Waals surface area contributed by atoms with Gasteiger partial charge in [0.05, 0.1) is 6.54 Å². The molecule has 0 bridgehead atoms. The molecule has 1 aromatic rings. The van der Waals surface area contributed by atoms with Crippen molar-refractivity contribution in [1.82, 2.24) is 15.1 Å². The Morgan fingerprint density at radius 2 is 1.96 bits per heavy atom. The van der Waals surface area contributed by atoms with Gasteiger partial charge in [-0.15, -0.1) is 0 Å². The number of amides is 2. The first-order chi connectivity index (χ1) is 12.7. The molecule has 1 unspecified atom stereocenters. The molecule has 10 heteroatoms. The van der Waals surface area contributed by atoms with Crippen LogP contribution in [-0.4, -0.2) is 84.4 Å². The molecule has 1 atom stereocenters. The van der Waals surface area contributed by atoms with Gasteiger partial charge in [-0.3, -0.25) is 0 Å². The second kappa shape index (κ2) is 11.2. The third-order valence-electron chi connectivity index (χ3n) is 3.55. The van der Waals surface area contributed by atoms with Crippen LogP contribution in [0, 0.1) is 0 Å². The number of carboxylic acid groups (broad SMARTS) is 2. The number of likely N-dealkylation sites (tertiary alicyclic amines) is 1. The molecule has 9 nitrogen and oxygen atoms in total. The van der Waals surface area contributed by atoms with Gasteiger partial charge in [0.25, 0.3) is 0 Å². The Morgan fingerprint density at radius 3 is 2.52 bits per heavy atom. The van der Waals surface area contributed by atoms with Crippen LogP contribution in [0.15, 0.2) is 24.3 Å². The van der Waals surface area contributed by atoms with Crippen molar-refractivity contribution in [2.75, 3.05) is 40.3 Å². The molecule has 1 heterocycles. The smallest absolute Gasteiger partial charge is 0.414 e. The average Bonchev–Trinajstić information content (AvgIpc) is 3.03. The second-order valence-corrected chi connectivity index (χ2v) is 6.51. The fourth-order valence-corrected chi connectivity index (χ4v) is 2.42. The van der Waals surface area contributed by atoms with Crippen molar-refractivity contribution in [3.63, 3.8) is 0 Å². The Kier molecular flexibility index (Phi) is 9.38. The van der Waals surface area contributed by atoms with E-state index in [-0.39, 0.29) is 12.1 Å². The highest BCUT2D eigenvalue weighted by atomic mass is 35.5. The van der Waals surface area contributed by atoms with Crippen molar-refractivity contribution in [2.45, 2.75) is 12.5 Å². The van der Waals surface area contributed by atoms with Crippen LogP contribution >= 0.6 is 11.6 Å². The molecule has 0 radical (unpaired) electrons. The van der Waals surface area contributed by atoms with Gasteiger partial charge in [0.15, 0.2) is 0 Å². The van der Waals surface area contributed by atoms with Crippen LogP contribution in [0.5, 0.6) is 5.75 Å². The maximum absolute atomic E-state index is 12.0. The average molecular weight is 402 g/mol. The summed E-state index contributed by atoms with van der Waals surface area (Å²) in [5, 5.41) is 18.4. The minimum absolute atomic E-state index is 0.0194. The number of carboxylic acids is 2. The number of urea groups is 1. The third kappa shape index (κ3) is 9.11. The predicted molar refractivity (Wildman–Crippen MR) is 99.3 cm³/mol. The first-order valence-electron chi connectivity index (χ1n) is 8.25. The maximum Gasteiger partial charge on any atom is 0.414 e. The summed E-state index contributed by atoms with van der Waals surface area (Å²) >= 11 is 5.93. The topological polar surface area (TPSA) is 119 Å². The highest BCUT2D eigenvalue weighted by molar-refractivity contribution is 6.30. The summed E-state index contributed by atoms with van der Waals surface area (Å²) in [6, 6.07) is 7.33. The lowest BCUT2D eigenvalue weighted by Gasteiger charge is -2.19. The summed E-state index contributed by atoms with van der Waals surface area (Å²) in [4.78, 5) is 34.0. The van der Waals surface area contributed by atoms with E-state index in [0.29, 0.717) is 18.1 Å². The van der Waals surface area contributed by atoms with Gasteiger partial charge in [0, 0.05) is 31.1 Å². The standard InChI is InChI=1S/C15H22ClN3O2.C2H2O4/c1-18(2)9-7-17-15(20)19-8-6-14(11-19)21-13-5-3-4-12(16)10-13;3-1(4)2(5)6/h3-5,10,14H,6-9,11H2,1-2H3,(H,17,20);(H,3,4)(H,5,6). The van der Waals surface area contributed by atoms with Crippen molar-refractivity contribution in [3.05, 3.63) is 29.3 Å². The Morgan fingerprint density at radius 1 is 1.30 bits per heavy atom. The van der Waals surface area contributed by atoms with Crippen molar-refractivity contribution in [2.24, 2.45) is 0 Å². The fraction of sp³-hybridized carbons (Fsp3) is 0.471. The highest BCUT2D eigenvalue weighted by Crippen LogP contribution is 2.21. The van der Waals surface area contributed by atoms with E-state index in [2.05, 4.69) is 5.32 Å². The zero-order chi connectivity index (χ0) is 20.4. The number of likely N-dealkylation sites (N-methyl/N-ethyl adjacent to an activating group) is 1. The molecular formula is C17H24ClN3O6. The van der Waals surface area contributed by atoms with Crippen LogP contribution in [0.1, 0.15) is 6.42 Å². The van der Waals surface area contributed by atoms with E-state index in [1.807, 2.05) is 37.2 Å². The van der Waals surface area contributed by atoms with Gasteiger partial charge in [-0.05, 0) is 32.3 Å². The normalized spacial score (nSPS) is 15.7. The lowest BCUT2D eigenvalue weighted by molar-refractivity contribution is -0.159. The molecule has 150 valence electrons. The lowest BCUT2D eigenvalue weighted by atomic mass is 10.3. The van der Waals surface area contributed by atoms with Crippen LogP contribution in [0.25, 0.3) is 0 Å². The van der Waals surface area contributed by atoms with Gasteiger partial charge >= 0.3 is 18.0 Å². The Labute approximate surface area is 162 Å². The van der Waals surface area contributed by atoms with Crippen LogP contribution in [0.4, 0.5) is 4.79 Å². The van der Waals surface area contributed by atoms with E-state index >= 15 is 0 Å². The minimum Gasteiger partial charge on any atom is -0.488 e. The second-order valence-electron chi connectivity index (χ2n) is 6.08. The van der Waals surface area contributed by atoms with Gasteiger partial charge < -0.3 is 30.1 Å². The van der Waals surface area contributed by atoms with Crippen molar-refractivity contribution in [1.29, 1.82) is 0 Å². The van der Waals surface area contributed by atoms with Gasteiger partial charge in [-0.1, -0.05) is 17.7 Å². The van der Waals surface area contributed by atoms with Crippen molar-refractivity contribution >= 4 is 29.6 Å². The minimum atomic E-state index is -1.82. The fourth-order valence-electron chi connectivity index (χ4n) is 2.24. The van der Waals surface area contributed by atoms with Crippen LogP contribution in [-0.2, 0) is 9.59 Å². The van der Waals surface area contributed by atoms with Crippen molar-refractivity contribution < 1.29 is 29.3 Å². The van der Waals surface area contributed by atoms with Crippen LogP contribution in [0.3, 0.4) is 0 Å². The number of benzene rings is 1. The van der Waals surface area contributed by atoms with Gasteiger partial charge in [0.1, 0.15) is 11.9 Å². The van der Waals surface area contributed by atoms with Gasteiger partial charge in [0.2, 0.25) is 0 Å². The SMILES string of the molecule is CN(C)CCNC(=O)N1CCC(Oc2cccc(Cl)c2)C1.O=C(O)C(=O)O. The molecule has 1 aliphatic rings. The quantitative estimate of drug-likeness (QED) is 0.634. The number of hydrogen-bond donors (Lipinski definition) is 3. The summed E-state index contributed by atoms with van der Waals surface area (Å²) in [6.07, 6.45) is 0.872. The number of nitrogens with one attached hydrogen (secondary N) is 1. The number of nitrogens with zero attached hydrogens (tertiary/aromatic N) is 2. The number of ether oxygens (including phenoxy) is 1. The first-order valence-corrected chi connectivity index (χ1v) is 8.62. The van der Waals surface area contributed by atoms with E-state index in [9.17, 15) is 4.79 Å². The van der Waals surface area contributed by atoms with Crippen LogP contribution in [0.2, 0.25) is 5.02 Å². The zero-order valence-electron chi connectivity index (χ0n) is 15.2. The summed E-state index contributed by atoms with van der Waals surface area (Å²) in [5.74, 6) is -2.90. The monoisotopic (exact) mass is 401 g/mol. The molecule has 0 aliphatic carbocycles. The lowest BCUT2D eigenvalue weighted by Crippen LogP contribution is -2.41.